The van der Waals surface area contributed by atoms with Gasteiger partial charge in [-0.3, -0.25) is 4.79 Å². The van der Waals surface area contributed by atoms with E-state index in [1.165, 1.54) is 12.8 Å². The first-order valence-electron chi connectivity index (χ1n) is 6.20. The van der Waals surface area contributed by atoms with Gasteiger partial charge in [-0.05, 0) is 38.5 Å². The number of nitrogens with one attached hydrogen (secondary N) is 1. The SMILES string of the molecule is CSC1CCCC(NC(=O)C(C)CCN)C1. The van der Waals surface area contributed by atoms with Crippen LogP contribution < -0.4 is 11.1 Å². The van der Waals surface area contributed by atoms with Crippen LogP contribution in [0.4, 0.5) is 0 Å². The summed E-state index contributed by atoms with van der Waals surface area (Å²) in [6.07, 6.45) is 7.74. The van der Waals surface area contributed by atoms with Crippen LogP contribution in [0.25, 0.3) is 0 Å². The van der Waals surface area contributed by atoms with Gasteiger partial charge in [0.05, 0.1) is 0 Å². The molecule has 4 heteroatoms. The molecule has 0 aromatic rings. The number of thioether (sulfide) groups is 1. The summed E-state index contributed by atoms with van der Waals surface area (Å²) in [6.45, 7) is 2.55. The molecule has 3 unspecified atom stereocenters. The first kappa shape index (κ1) is 13.8. The molecule has 1 rings (SSSR count). The lowest BCUT2D eigenvalue weighted by Gasteiger charge is -2.29. The highest BCUT2D eigenvalue weighted by atomic mass is 32.2. The van der Waals surface area contributed by atoms with Gasteiger partial charge >= 0.3 is 0 Å². The third kappa shape index (κ3) is 4.34. The molecule has 1 fully saturated rings. The monoisotopic (exact) mass is 244 g/mol. The Morgan fingerprint density at radius 3 is 2.94 bits per heavy atom. The lowest BCUT2D eigenvalue weighted by atomic mass is 9.94. The summed E-state index contributed by atoms with van der Waals surface area (Å²) < 4.78 is 0. The van der Waals surface area contributed by atoms with Crippen molar-refractivity contribution in [2.75, 3.05) is 12.8 Å². The summed E-state index contributed by atoms with van der Waals surface area (Å²) >= 11 is 1.92. The zero-order chi connectivity index (χ0) is 12.0. The number of hydrogen-bond acceptors (Lipinski definition) is 3. The zero-order valence-electron chi connectivity index (χ0n) is 10.4. The van der Waals surface area contributed by atoms with Crippen molar-refractivity contribution < 1.29 is 4.79 Å². The van der Waals surface area contributed by atoms with E-state index in [9.17, 15) is 4.79 Å². The molecular weight excluding hydrogens is 220 g/mol. The molecule has 0 aromatic carbocycles. The van der Waals surface area contributed by atoms with Gasteiger partial charge in [0.15, 0.2) is 0 Å². The summed E-state index contributed by atoms with van der Waals surface area (Å²) in [5, 5.41) is 3.89. The molecule has 1 amide bonds. The number of hydrogen-bond donors (Lipinski definition) is 2. The molecule has 3 nitrogen and oxygen atoms in total. The summed E-state index contributed by atoms with van der Waals surface area (Å²) in [5.74, 6) is 0.233. The van der Waals surface area contributed by atoms with E-state index in [1.54, 1.807) is 0 Å². The largest absolute Gasteiger partial charge is 0.353 e. The highest BCUT2D eigenvalue weighted by Crippen LogP contribution is 2.27. The molecule has 94 valence electrons. The van der Waals surface area contributed by atoms with E-state index in [0.29, 0.717) is 12.6 Å². The second-order valence-electron chi connectivity index (χ2n) is 4.71. The Balaban J connectivity index is 2.32. The molecule has 0 aliphatic heterocycles. The van der Waals surface area contributed by atoms with Crippen molar-refractivity contribution in [3.8, 4) is 0 Å². The maximum atomic E-state index is 11.8. The molecule has 0 bridgehead atoms. The fraction of sp³-hybridized carbons (Fsp3) is 0.917. The van der Waals surface area contributed by atoms with Gasteiger partial charge in [-0.15, -0.1) is 0 Å². The molecule has 1 aliphatic rings. The van der Waals surface area contributed by atoms with Crippen LogP contribution in [0.15, 0.2) is 0 Å². The highest BCUT2D eigenvalue weighted by Gasteiger charge is 2.23. The van der Waals surface area contributed by atoms with Crippen molar-refractivity contribution >= 4 is 17.7 Å². The maximum absolute atomic E-state index is 11.8. The topological polar surface area (TPSA) is 55.1 Å². The normalized spacial score (nSPS) is 27.4. The van der Waals surface area contributed by atoms with Crippen molar-refractivity contribution in [1.82, 2.24) is 5.32 Å². The molecule has 0 saturated heterocycles. The van der Waals surface area contributed by atoms with Crippen LogP contribution in [0, 0.1) is 5.92 Å². The van der Waals surface area contributed by atoms with Gasteiger partial charge < -0.3 is 11.1 Å². The van der Waals surface area contributed by atoms with E-state index in [0.717, 1.165) is 24.5 Å². The Labute approximate surface area is 103 Å². The predicted octanol–water partition coefficient (Wildman–Crippen LogP) is 1.76. The Morgan fingerprint density at radius 1 is 1.56 bits per heavy atom. The van der Waals surface area contributed by atoms with Crippen LogP contribution in [0.1, 0.15) is 39.0 Å². The summed E-state index contributed by atoms with van der Waals surface area (Å²) in [6, 6.07) is 0.388. The minimum Gasteiger partial charge on any atom is -0.353 e. The second kappa shape index (κ2) is 7.17. The van der Waals surface area contributed by atoms with Crippen LogP contribution >= 0.6 is 11.8 Å². The highest BCUT2D eigenvalue weighted by molar-refractivity contribution is 7.99. The molecule has 0 aromatic heterocycles. The number of rotatable bonds is 5. The van der Waals surface area contributed by atoms with Crippen molar-refractivity contribution in [3.05, 3.63) is 0 Å². The predicted molar refractivity (Wildman–Crippen MR) is 70.5 cm³/mol. The lowest BCUT2D eigenvalue weighted by Crippen LogP contribution is -2.41. The van der Waals surface area contributed by atoms with Crippen LogP contribution in [0.2, 0.25) is 0 Å². The van der Waals surface area contributed by atoms with Gasteiger partial charge in [-0.2, -0.15) is 11.8 Å². The van der Waals surface area contributed by atoms with Gasteiger partial charge in [-0.25, -0.2) is 0 Å². The van der Waals surface area contributed by atoms with Gasteiger partial charge in [0.25, 0.3) is 0 Å². The summed E-state index contributed by atoms with van der Waals surface area (Å²) in [4.78, 5) is 11.8. The molecule has 3 atom stereocenters. The van der Waals surface area contributed by atoms with E-state index in [-0.39, 0.29) is 11.8 Å². The van der Waals surface area contributed by atoms with Gasteiger partial charge in [0.2, 0.25) is 5.91 Å². The quantitative estimate of drug-likeness (QED) is 0.775. The van der Waals surface area contributed by atoms with Crippen molar-refractivity contribution in [2.45, 2.75) is 50.3 Å². The summed E-state index contributed by atoms with van der Waals surface area (Å²) in [7, 11) is 0. The first-order chi connectivity index (χ1) is 7.67. The van der Waals surface area contributed by atoms with Gasteiger partial charge in [0, 0.05) is 17.2 Å². The van der Waals surface area contributed by atoms with Crippen LogP contribution in [-0.4, -0.2) is 30.0 Å². The number of carbonyl (C=O) groups excluding carboxylic acids is 1. The molecule has 0 spiro atoms. The fourth-order valence-electron chi connectivity index (χ4n) is 2.21. The molecule has 1 aliphatic carbocycles. The minimum absolute atomic E-state index is 0.0552. The molecule has 0 heterocycles. The van der Waals surface area contributed by atoms with Gasteiger partial charge in [0.1, 0.15) is 0 Å². The van der Waals surface area contributed by atoms with Crippen LogP contribution in [0.3, 0.4) is 0 Å². The van der Waals surface area contributed by atoms with Crippen molar-refractivity contribution in [3.63, 3.8) is 0 Å². The van der Waals surface area contributed by atoms with E-state index in [4.69, 9.17) is 5.73 Å². The number of nitrogens with two attached hydrogens (primary N) is 1. The van der Waals surface area contributed by atoms with E-state index >= 15 is 0 Å². The Kier molecular flexibility index (Phi) is 6.21. The molecule has 1 saturated carbocycles. The Bertz CT molecular complexity index is 223. The Hall–Kier alpha value is -0.220. The van der Waals surface area contributed by atoms with Crippen LogP contribution in [0.5, 0.6) is 0 Å². The van der Waals surface area contributed by atoms with Gasteiger partial charge in [-0.1, -0.05) is 13.3 Å². The summed E-state index contributed by atoms with van der Waals surface area (Å²) in [5.41, 5.74) is 5.46. The molecule has 3 N–H and O–H groups in total. The molecular formula is C12H24N2OS. The van der Waals surface area contributed by atoms with Crippen LogP contribution in [-0.2, 0) is 4.79 Å². The van der Waals surface area contributed by atoms with E-state index in [2.05, 4.69) is 11.6 Å². The average molecular weight is 244 g/mol. The third-order valence-corrected chi connectivity index (χ3v) is 4.45. The zero-order valence-corrected chi connectivity index (χ0v) is 11.2. The van der Waals surface area contributed by atoms with Crippen molar-refractivity contribution in [2.24, 2.45) is 11.7 Å². The standard InChI is InChI=1S/C12H24N2OS/c1-9(6-7-13)12(15)14-10-4-3-5-11(8-10)16-2/h9-11H,3-8,13H2,1-2H3,(H,14,15). The number of amides is 1. The Morgan fingerprint density at radius 2 is 2.31 bits per heavy atom. The van der Waals surface area contributed by atoms with Crippen molar-refractivity contribution in [1.29, 1.82) is 0 Å². The molecule has 0 radical (unpaired) electrons. The minimum atomic E-state index is 0.0552. The van der Waals surface area contributed by atoms with E-state index < -0.39 is 0 Å². The average Bonchev–Trinajstić information content (AvgIpc) is 2.29. The smallest absolute Gasteiger partial charge is 0.223 e. The van der Waals surface area contributed by atoms with E-state index in [1.807, 2.05) is 18.7 Å². The second-order valence-corrected chi connectivity index (χ2v) is 5.85. The lowest BCUT2D eigenvalue weighted by molar-refractivity contribution is -0.125. The fourth-order valence-corrected chi connectivity index (χ4v) is 3.04. The maximum Gasteiger partial charge on any atom is 0.223 e. The first-order valence-corrected chi connectivity index (χ1v) is 7.49. The third-order valence-electron chi connectivity index (χ3n) is 3.35. The molecule has 16 heavy (non-hydrogen) atoms. The number of carbonyl (C=O) groups is 1.